The Bertz CT molecular complexity index is 4370. The molecule has 16 aliphatic carbocycles. The van der Waals surface area contributed by atoms with Crippen molar-refractivity contribution in [3.63, 3.8) is 0 Å². The molecule has 676 valence electrons. The van der Waals surface area contributed by atoms with E-state index in [1.807, 2.05) is 66.4 Å². The average Bonchev–Trinajstić information content (AvgIpc) is 1.48. The topological polar surface area (TPSA) is 203 Å². The number of alkyl halides is 2. The van der Waals surface area contributed by atoms with Crippen molar-refractivity contribution < 1.29 is 43.0 Å². The maximum atomic E-state index is 15.4. The lowest BCUT2D eigenvalue weighted by Crippen LogP contribution is -2.54. The SMILES string of the molecule is C=C(Cn1cccn1)[C@H]1CC[C@H]2[C@@H]3CC[C@H]4C[C@](C)(O)[C@@H](C)C[C@@H]4[C@H]3CC[C@]12C.C=C(Cn1cccn1)[C@H]1CC[C@H]2[C@@H]3CC[C@H]4C[C@](C)(O)[C@H](C)C[C@@H]4[C@H]3CC[C@]12C.C=S(C)(=O)c1cnn(CC(=O)[C@H]2CC[C@H]3[C@@H]4C[C@@H](F)[C@H]5C[C@](C)(O)CC[C@@H]5[C@H]4CC[C@]23C)c1.CSc1cnn(CC(=O)[C@H]2CC[C@H]3[C@@H]4C[C@@H](F)[C@H]5C[C@](C)(O)CC[C@@H]5[C@H]4CC[C@]23C)c1. The van der Waals surface area contributed by atoms with E-state index in [-0.39, 0.29) is 46.8 Å². The Morgan fingerprint density at radius 3 is 1.17 bits per heavy atom. The van der Waals surface area contributed by atoms with Gasteiger partial charge >= 0.3 is 0 Å². The first-order chi connectivity index (χ1) is 57.7. The summed E-state index contributed by atoms with van der Waals surface area (Å²) in [5, 5.41) is 60.3. The van der Waals surface area contributed by atoms with Crippen molar-refractivity contribution in [2.24, 2.45) is 176 Å². The largest absolute Gasteiger partial charge is 0.390 e. The fourth-order valence-corrected chi connectivity index (χ4v) is 35.1. The predicted octanol–water partition coefficient (Wildman–Crippen LogP) is 20.7. The summed E-state index contributed by atoms with van der Waals surface area (Å²) in [6.07, 6.45) is 52.0. The third kappa shape index (κ3) is 16.7. The summed E-state index contributed by atoms with van der Waals surface area (Å²) in [4.78, 5) is 28.4. The smallest absolute Gasteiger partial charge is 0.157 e. The second-order valence-electron chi connectivity index (χ2n) is 47.1. The molecule has 16 fully saturated rings. The van der Waals surface area contributed by atoms with Crippen LogP contribution < -0.4 is 0 Å². The maximum Gasteiger partial charge on any atom is 0.157 e. The minimum atomic E-state index is -2.35. The number of hydrogen-bond acceptors (Lipinski definition) is 12. The van der Waals surface area contributed by atoms with Gasteiger partial charge in [-0.1, -0.05) is 65.8 Å². The van der Waals surface area contributed by atoms with E-state index in [0.29, 0.717) is 125 Å². The fraction of sp³-hybridized carbons (Fsp3) is 0.816. The van der Waals surface area contributed by atoms with Crippen LogP contribution in [0.25, 0.3) is 0 Å². The normalized spacial score (nSPS) is 47.9. The zero-order valence-corrected chi connectivity index (χ0v) is 78.3. The van der Waals surface area contributed by atoms with E-state index >= 15 is 8.78 Å². The van der Waals surface area contributed by atoms with Crippen molar-refractivity contribution in [1.82, 2.24) is 39.1 Å². The number of carbonyl (C=O) groups excluding carboxylic acids is 2. The molecular formula is C103H156F2N8O7S2. The first-order valence-corrected chi connectivity index (χ1v) is 52.5. The number of hydrogen-bond donors (Lipinski definition) is 4. The molecule has 0 bridgehead atoms. The van der Waals surface area contributed by atoms with Gasteiger partial charge in [-0.05, 0) is 431 Å². The lowest BCUT2D eigenvalue weighted by atomic mass is 9.48. The third-order valence-electron chi connectivity index (χ3n) is 40.5. The summed E-state index contributed by atoms with van der Waals surface area (Å²) >= 11 is 1.64. The van der Waals surface area contributed by atoms with Crippen LogP contribution in [0.5, 0.6) is 0 Å². The van der Waals surface area contributed by atoms with Gasteiger partial charge in [0.1, 0.15) is 12.3 Å². The minimum Gasteiger partial charge on any atom is -0.390 e. The number of ketones is 2. The number of allylic oxidation sites excluding steroid dienone is 2. The molecule has 1 unspecified atom stereocenters. The van der Waals surface area contributed by atoms with Crippen molar-refractivity contribution in [2.75, 3.05) is 12.5 Å². The molecule has 0 spiro atoms. The highest BCUT2D eigenvalue weighted by Gasteiger charge is 2.65. The summed E-state index contributed by atoms with van der Waals surface area (Å²) in [6.45, 7) is 33.7. The lowest BCUT2D eigenvalue weighted by Gasteiger charge is -2.58. The van der Waals surface area contributed by atoms with E-state index in [1.54, 1.807) is 39.8 Å². The number of rotatable bonds is 14. The number of Topliss-reactive ketones (excluding diaryl/α,β-unsaturated/α-hetero) is 2. The van der Waals surface area contributed by atoms with Crippen LogP contribution in [-0.2, 0) is 45.3 Å². The van der Waals surface area contributed by atoms with Crippen LogP contribution in [0.3, 0.4) is 0 Å². The van der Waals surface area contributed by atoms with Crippen LogP contribution in [0.4, 0.5) is 8.78 Å². The fourth-order valence-electron chi connectivity index (χ4n) is 34.1. The van der Waals surface area contributed by atoms with Crippen LogP contribution in [0.1, 0.15) is 275 Å². The van der Waals surface area contributed by atoms with Crippen LogP contribution in [0.15, 0.2) is 95.8 Å². The van der Waals surface area contributed by atoms with E-state index in [4.69, 9.17) is 0 Å². The van der Waals surface area contributed by atoms with Crippen molar-refractivity contribution >= 4 is 38.7 Å². The van der Waals surface area contributed by atoms with Crippen LogP contribution in [0, 0.1) is 176 Å². The number of carbonyl (C=O) groups is 2. The molecule has 0 aromatic carbocycles. The van der Waals surface area contributed by atoms with Gasteiger partial charge < -0.3 is 20.4 Å². The average molecular weight is 1720 g/mol. The number of thioether (sulfide) groups is 1. The van der Waals surface area contributed by atoms with Crippen LogP contribution in [-0.4, -0.2) is 128 Å². The van der Waals surface area contributed by atoms with Gasteiger partial charge in [0.25, 0.3) is 0 Å². The van der Waals surface area contributed by atoms with Gasteiger partial charge in [-0.2, -0.15) is 20.4 Å². The Hall–Kier alpha value is -4.27. The number of fused-ring (bicyclic) bond motifs is 20. The zero-order valence-electron chi connectivity index (χ0n) is 76.7. The quantitative estimate of drug-likeness (QED) is 0.0529. The molecule has 0 amide bonds. The first kappa shape index (κ1) is 89.7. The third-order valence-corrected chi connectivity index (χ3v) is 42.3. The van der Waals surface area contributed by atoms with Gasteiger partial charge in [0, 0.05) is 60.2 Å². The molecule has 122 heavy (non-hydrogen) atoms. The molecule has 19 heteroatoms. The van der Waals surface area contributed by atoms with Gasteiger partial charge in [0.05, 0.1) is 65.9 Å². The highest BCUT2D eigenvalue weighted by Crippen LogP contribution is 2.71. The Labute approximate surface area is 735 Å². The second kappa shape index (κ2) is 33.9. The van der Waals surface area contributed by atoms with E-state index in [2.05, 4.69) is 107 Å². The molecule has 20 rings (SSSR count). The summed E-state index contributed by atoms with van der Waals surface area (Å²) in [7, 11) is -2.35. The number of halogens is 2. The first-order valence-electron chi connectivity index (χ1n) is 49.1. The maximum absolute atomic E-state index is 15.4. The molecule has 0 radical (unpaired) electrons. The highest BCUT2D eigenvalue weighted by atomic mass is 32.2. The van der Waals surface area contributed by atoms with E-state index in [1.165, 1.54) is 101 Å². The van der Waals surface area contributed by atoms with Gasteiger partial charge in [0.2, 0.25) is 0 Å². The Morgan fingerprint density at radius 2 is 0.795 bits per heavy atom. The highest BCUT2D eigenvalue weighted by molar-refractivity contribution is 7.99. The second-order valence-corrected chi connectivity index (χ2v) is 50.4. The van der Waals surface area contributed by atoms with E-state index < -0.39 is 44.3 Å². The zero-order chi connectivity index (χ0) is 86.5. The molecule has 4 aromatic rings. The van der Waals surface area contributed by atoms with E-state index in [9.17, 15) is 34.2 Å². The summed E-state index contributed by atoms with van der Waals surface area (Å²) in [6, 6.07) is 4.03. The molecule has 15 nitrogen and oxygen atoms in total. The molecule has 16 saturated carbocycles. The number of aliphatic hydroxyl groups is 4. The number of nitrogens with zero attached hydrogens (tertiary/aromatic N) is 8. The van der Waals surface area contributed by atoms with Gasteiger partial charge in [-0.25, -0.2) is 8.78 Å². The predicted molar refractivity (Wildman–Crippen MR) is 483 cm³/mol. The monoisotopic (exact) mass is 1720 g/mol. The molecule has 0 aliphatic heterocycles. The number of aromatic nitrogens is 8. The molecule has 16 aliphatic rings. The van der Waals surface area contributed by atoms with Gasteiger partial charge in [-0.15, -0.1) is 11.8 Å². The van der Waals surface area contributed by atoms with Gasteiger partial charge in [-0.3, -0.25) is 32.5 Å². The van der Waals surface area contributed by atoms with E-state index in [0.717, 1.165) is 167 Å². The van der Waals surface area contributed by atoms with Crippen molar-refractivity contribution in [3.8, 4) is 0 Å². The van der Waals surface area contributed by atoms with Crippen LogP contribution >= 0.6 is 11.8 Å². The summed E-state index contributed by atoms with van der Waals surface area (Å²) in [5.41, 5.74) is 1.27. The lowest BCUT2D eigenvalue weighted by molar-refractivity contribution is -0.139. The van der Waals surface area contributed by atoms with Crippen molar-refractivity contribution in [3.05, 3.63) is 86.0 Å². The Kier molecular flexibility index (Phi) is 24.9. The molecule has 0 saturated heterocycles. The Balaban J connectivity index is 0.000000116. The summed E-state index contributed by atoms with van der Waals surface area (Å²) in [5.74, 6) is 18.6. The minimum absolute atomic E-state index is 0.000452. The molecule has 4 heterocycles. The molecule has 37 atom stereocenters. The van der Waals surface area contributed by atoms with Crippen molar-refractivity contribution in [1.29, 1.82) is 0 Å². The molecule has 4 N–H and O–H groups in total. The van der Waals surface area contributed by atoms with Gasteiger partial charge in [0.15, 0.2) is 11.6 Å². The standard InChI is InChI=1S/C26H39FN2O3S.2C26H40N2O.C25H37FN2O2S/c1-25(31)9-7-18-17-8-10-26(2)21(19(17)11-23(27)20(18)12-25)5-6-22(26)24(30)15-29-14-16(13-28-29)33(3,4)32;2*1-17(16-28-13-5-12-27-28)23-8-9-24-21-7-6-19-15-26(4,29)18(2)14-22(19)20(21)10-11-25(23,24)3;1-24(30)8-6-17-16-7-9-25(2)20(18(16)10-22(26)19(17)11-24)4-5-21(25)23(29)14-28-13-15(31-3)12-27-28/h13-14,17-23,31H,3,5-12,15H2,1-2,4H3;2*5,12-13,18-24,29H,1,6-11,14-16H2,2-4H3;12-13,16-22,30H,4-11,14H2,1-3H3/t17-,18-,19-,20+,21+,22-,23-,25-,26+,33?;18-,19+,20+,21-,22+,23-,24+,25-,26+;18-,19-,20-,21+,22-,23+,24-,25+,26-;16-,17-,18-,19+,20+,21-,22-,24-,25+/m1101/s1. The molecule has 4 aromatic heterocycles. The van der Waals surface area contributed by atoms with Crippen LogP contribution in [0.2, 0.25) is 0 Å². The Morgan fingerprint density at radius 1 is 0.434 bits per heavy atom. The van der Waals surface area contributed by atoms with Crippen molar-refractivity contribution in [2.45, 2.75) is 345 Å². The molecular weight excluding hydrogens is 1560 g/mol. The summed E-state index contributed by atoms with van der Waals surface area (Å²) < 4.78 is 50.5.